The van der Waals surface area contributed by atoms with Gasteiger partial charge in [0.15, 0.2) is 0 Å². The largest absolute Gasteiger partial charge is 0.476 e. The van der Waals surface area contributed by atoms with Crippen molar-refractivity contribution in [3.63, 3.8) is 0 Å². The Kier molecular flexibility index (Phi) is 7.29. The van der Waals surface area contributed by atoms with Crippen molar-refractivity contribution in [2.24, 2.45) is 11.7 Å². The van der Waals surface area contributed by atoms with Crippen LogP contribution in [0.5, 0.6) is 5.75 Å². The van der Waals surface area contributed by atoms with E-state index >= 15 is 0 Å². The van der Waals surface area contributed by atoms with Crippen LogP contribution in [0.2, 0.25) is 0 Å². The number of rotatable bonds is 5. The van der Waals surface area contributed by atoms with Crippen LogP contribution in [0.4, 0.5) is 0 Å². The fourth-order valence-electron chi connectivity index (χ4n) is 2.96. The second-order valence-corrected chi connectivity index (χ2v) is 6.96. The van der Waals surface area contributed by atoms with E-state index in [0.717, 1.165) is 23.0 Å². The Morgan fingerprint density at radius 2 is 2.00 bits per heavy atom. The maximum atomic E-state index is 13.0. The van der Waals surface area contributed by atoms with Crippen molar-refractivity contribution in [3.8, 4) is 5.75 Å². The molecule has 0 bridgehead atoms. The summed E-state index contributed by atoms with van der Waals surface area (Å²) >= 11 is 3.44. The van der Waals surface area contributed by atoms with Gasteiger partial charge < -0.3 is 15.4 Å². The standard InChI is InChI=1S/C19H21BrN2O2.ClH/c20-16-7-4-8-17(11-16)24-18(15-5-2-1-3-6-15)19(23)22-10-9-14(12-21)13-22;/h1-8,11,14,18H,9-10,12-13,21H2;1H. The van der Waals surface area contributed by atoms with E-state index in [-0.39, 0.29) is 18.3 Å². The molecule has 2 atom stereocenters. The van der Waals surface area contributed by atoms with Crippen molar-refractivity contribution >= 4 is 34.2 Å². The highest BCUT2D eigenvalue weighted by Crippen LogP contribution is 2.28. The minimum absolute atomic E-state index is 0. The van der Waals surface area contributed by atoms with Crippen LogP contribution in [0.1, 0.15) is 18.1 Å². The molecule has 1 saturated heterocycles. The predicted octanol–water partition coefficient (Wildman–Crippen LogP) is 3.80. The number of hydrogen-bond donors (Lipinski definition) is 1. The molecule has 134 valence electrons. The third-order valence-corrected chi connectivity index (χ3v) is 4.80. The van der Waals surface area contributed by atoms with Gasteiger partial charge in [-0.05, 0) is 37.1 Å². The lowest BCUT2D eigenvalue weighted by Crippen LogP contribution is -2.36. The Labute approximate surface area is 162 Å². The molecule has 4 nitrogen and oxygen atoms in total. The van der Waals surface area contributed by atoms with Gasteiger partial charge in [0.2, 0.25) is 6.10 Å². The summed E-state index contributed by atoms with van der Waals surface area (Å²) in [6, 6.07) is 17.2. The number of carbonyl (C=O) groups is 1. The molecule has 0 spiro atoms. The Bertz CT molecular complexity index is 699. The predicted molar refractivity (Wildman–Crippen MR) is 105 cm³/mol. The zero-order valence-electron chi connectivity index (χ0n) is 13.8. The first-order chi connectivity index (χ1) is 11.7. The Balaban J connectivity index is 0.00000225. The Morgan fingerprint density at radius 1 is 1.24 bits per heavy atom. The smallest absolute Gasteiger partial charge is 0.268 e. The number of halogens is 2. The lowest BCUT2D eigenvalue weighted by Gasteiger charge is -2.25. The Morgan fingerprint density at radius 3 is 2.64 bits per heavy atom. The van der Waals surface area contributed by atoms with Crippen LogP contribution in [-0.4, -0.2) is 30.4 Å². The molecule has 6 heteroatoms. The molecule has 1 heterocycles. The van der Waals surface area contributed by atoms with Crippen molar-refractivity contribution in [2.75, 3.05) is 19.6 Å². The maximum absolute atomic E-state index is 13.0. The summed E-state index contributed by atoms with van der Waals surface area (Å²) in [5.74, 6) is 1.05. The van der Waals surface area contributed by atoms with E-state index in [1.807, 2.05) is 59.5 Å². The van der Waals surface area contributed by atoms with Gasteiger partial charge in [0.25, 0.3) is 5.91 Å². The molecular weight excluding hydrogens is 404 g/mol. The number of carbonyl (C=O) groups excluding carboxylic acids is 1. The van der Waals surface area contributed by atoms with Crippen molar-refractivity contribution in [3.05, 3.63) is 64.6 Å². The van der Waals surface area contributed by atoms with E-state index in [4.69, 9.17) is 10.5 Å². The minimum Gasteiger partial charge on any atom is -0.476 e. The number of nitrogens with zero attached hydrogens (tertiary/aromatic N) is 1. The average Bonchev–Trinajstić information content (AvgIpc) is 3.09. The third kappa shape index (κ3) is 4.97. The highest BCUT2D eigenvalue weighted by molar-refractivity contribution is 9.10. The van der Waals surface area contributed by atoms with E-state index in [1.165, 1.54) is 0 Å². The van der Waals surface area contributed by atoms with Crippen LogP contribution in [0.15, 0.2) is 59.1 Å². The van der Waals surface area contributed by atoms with Gasteiger partial charge in [0, 0.05) is 23.1 Å². The molecular formula is C19H22BrClN2O2. The van der Waals surface area contributed by atoms with Crippen molar-refractivity contribution in [1.82, 2.24) is 4.90 Å². The molecule has 0 aromatic heterocycles. The van der Waals surface area contributed by atoms with Gasteiger partial charge in [-0.15, -0.1) is 12.4 Å². The monoisotopic (exact) mass is 424 g/mol. The average molecular weight is 426 g/mol. The lowest BCUT2D eigenvalue weighted by molar-refractivity contribution is -0.138. The number of likely N-dealkylation sites (tertiary alicyclic amines) is 1. The number of benzene rings is 2. The number of ether oxygens (including phenoxy) is 1. The molecule has 0 radical (unpaired) electrons. The molecule has 3 rings (SSSR count). The van der Waals surface area contributed by atoms with Crippen LogP contribution in [0.3, 0.4) is 0 Å². The molecule has 25 heavy (non-hydrogen) atoms. The number of amides is 1. The van der Waals surface area contributed by atoms with Gasteiger partial charge in [-0.25, -0.2) is 0 Å². The molecule has 1 fully saturated rings. The van der Waals surface area contributed by atoms with Crippen LogP contribution in [0.25, 0.3) is 0 Å². The second-order valence-electron chi connectivity index (χ2n) is 6.04. The molecule has 2 N–H and O–H groups in total. The quantitative estimate of drug-likeness (QED) is 0.793. The van der Waals surface area contributed by atoms with Gasteiger partial charge in [0.1, 0.15) is 5.75 Å². The van der Waals surface area contributed by atoms with Gasteiger partial charge in [0.05, 0.1) is 0 Å². The fraction of sp³-hybridized carbons (Fsp3) is 0.316. The van der Waals surface area contributed by atoms with Crippen LogP contribution < -0.4 is 10.5 Å². The number of nitrogens with two attached hydrogens (primary N) is 1. The molecule has 0 aliphatic carbocycles. The van der Waals surface area contributed by atoms with Gasteiger partial charge in [-0.2, -0.15) is 0 Å². The molecule has 0 saturated carbocycles. The number of hydrogen-bond acceptors (Lipinski definition) is 3. The first-order valence-corrected chi connectivity index (χ1v) is 8.92. The molecule has 1 amide bonds. The summed E-state index contributed by atoms with van der Waals surface area (Å²) in [6.07, 6.45) is 0.317. The van der Waals surface area contributed by atoms with Gasteiger partial charge in [-0.3, -0.25) is 4.79 Å². The molecule has 1 aliphatic rings. The topological polar surface area (TPSA) is 55.6 Å². The Hall–Kier alpha value is -1.56. The zero-order valence-corrected chi connectivity index (χ0v) is 16.2. The zero-order chi connectivity index (χ0) is 16.9. The minimum atomic E-state index is -0.642. The van der Waals surface area contributed by atoms with Crippen molar-refractivity contribution in [2.45, 2.75) is 12.5 Å². The molecule has 2 unspecified atom stereocenters. The molecule has 1 aliphatic heterocycles. The first kappa shape index (κ1) is 19.8. The summed E-state index contributed by atoms with van der Waals surface area (Å²) in [6.45, 7) is 2.07. The maximum Gasteiger partial charge on any atom is 0.268 e. The van der Waals surface area contributed by atoms with Gasteiger partial charge in [-0.1, -0.05) is 52.3 Å². The second kappa shape index (κ2) is 9.22. The molecule has 2 aromatic rings. The lowest BCUT2D eigenvalue weighted by atomic mass is 10.1. The summed E-state index contributed by atoms with van der Waals surface area (Å²) < 4.78 is 6.99. The van der Waals surface area contributed by atoms with Crippen LogP contribution in [-0.2, 0) is 4.79 Å². The summed E-state index contributed by atoms with van der Waals surface area (Å²) in [5, 5.41) is 0. The molecule has 2 aromatic carbocycles. The highest BCUT2D eigenvalue weighted by Gasteiger charge is 2.32. The van der Waals surface area contributed by atoms with Crippen molar-refractivity contribution in [1.29, 1.82) is 0 Å². The third-order valence-electron chi connectivity index (χ3n) is 4.31. The highest BCUT2D eigenvalue weighted by atomic mass is 79.9. The SMILES string of the molecule is Cl.NCC1CCN(C(=O)C(Oc2cccc(Br)c2)c2ccccc2)C1. The normalized spacial score (nSPS) is 17.7. The van der Waals surface area contributed by atoms with E-state index in [2.05, 4.69) is 15.9 Å². The fourth-order valence-corrected chi connectivity index (χ4v) is 3.33. The summed E-state index contributed by atoms with van der Waals surface area (Å²) in [7, 11) is 0. The van der Waals surface area contributed by atoms with Crippen LogP contribution in [0, 0.1) is 5.92 Å². The first-order valence-electron chi connectivity index (χ1n) is 8.13. The van der Waals surface area contributed by atoms with E-state index in [0.29, 0.717) is 24.8 Å². The van der Waals surface area contributed by atoms with E-state index in [9.17, 15) is 4.79 Å². The summed E-state index contributed by atoms with van der Waals surface area (Å²) in [4.78, 5) is 14.9. The van der Waals surface area contributed by atoms with E-state index < -0.39 is 6.10 Å². The van der Waals surface area contributed by atoms with Crippen molar-refractivity contribution < 1.29 is 9.53 Å². The van der Waals surface area contributed by atoms with Crippen LogP contribution >= 0.6 is 28.3 Å². The van der Waals surface area contributed by atoms with E-state index in [1.54, 1.807) is 0 Å². The summed E-state index contributed by atoms with van der Waals surface area (Å²) in [5.41, 5.74) is 6.61. The van der Waals surface area contributed by atoms with Gasteiger partial charge >= 0.3 is 0 Å².